The average molecular weight is 279 g/mol. The van der Waals surface area contributed by atoms with Gasteiger partial charge in [0.25, 0.3) is 5.56 Å². The van der Waals surface area contributed by atoms with Crippen molar-refractivity contribution in [3.8, 4) is 0 Å². The number of H-pyrrole nitrogens is 2. The number of hydrogen-bond acceptors (Lipinski definition) is 5. The Hall–Kier alpha value is -2.42. The number of aromatic nitrogens is 5. The summed E-state index contributed by atoms with van der Waals surface area (Å²) in [6.07, 6.45) is 1.30. The number of thiophene rings is 1. The molecule has 3 heterocycles. The molecule has 9 heteroatoms. The summed E-state index contributed by atoms with van der Waals surface area (Å²) in [4.78, 5) is 40.5. The quantitative estimate of drug-likeness (QED) is 0.642. The van der Waals surface area contributed by atoms with Gasteiger partial charge in [-0.1, -0.05) is 0 Å². The fraction of sp³-hybridized carbons (Fsp3) is 0.200. The van der Waals surface area contributed by atoms with Crippen molar-refractivity contribution in [2.75, 3.05) is 0 Å². The van der Waals surface area contributed by atoms with Gasteiger partial charge in [0.2, 0.25) is 0 Å². The van der Waals surface area contributed by atoms with Crippen molar-refractivity contribution in [3.63, 3.8) is 0 Å². The number of aryl methyl sites for hydroxylation is 1. The third-order valence-corrected chi connectivity index (χ3v) is 3.96. The summed E-state index contributed by atoms with van der Waals surface area (Å²) in [7, 11) is 1.58. The molecular weight excluding hydrogens is 270 g/mol. The minimum atomic E-state index is -0.456. The lowest BCUT2D eigenvalue weighted by Crippen LogP contribution is -2.27. The molecule has 0 aliphatic heterocycles. The molecule has 98 valence electrons. The molecule has 0 radical (unpaired) electrons. The Balaban J connectivity index is 2.18. The minimum absolute atomic E-state index is 0.259. The van der Waals surface area contributed by atoms with Crippen LogP contribution in [-0.4, -0.2) is 24.3 Å². The van der Waals surface area contributed by atoms with Crippen LogP contribution in [0.2, 0.25) is 0 Å². The molecular formula is C10H9N5O3S. The van der Waals surface area contributed by atoms with Crippen molar-refractivity contribution >= 4 is 21.6 Å². The molecule has 0 aliphatic rings. The highest BCUT2D eigenvalue weighted by molar-refractivity contribution is 7.18. The highest BCUT2D eigenvalue weighted by Crippen LogP contribution is 2.21. The Bertz CT molecular complexity index is 925. The van der Waals surface area contributed by atoms with Gasteiger partial charge in [-0.15, -0.1) is 11.3 Å². The summed E-state index contributed by atoms with van der Waals surface area (Å²) >= 11 is 1.29. The van der Waals surface area contributed by atoms with E-state index in [1.165, 1.54) is 26.9 Å². The standard InChI is InChI=1S/C10H9N5O3S/c1-14-8-6(7(16)13-10(14)18)2-5(19-8)3-15-9(17)11-4-12-15/h2,4H,3H2,1H3,(H,11,12,17)(H,13,16,18). The summed E-state index contributed by atoms with van der Waals surface area (Å²) in [5.41, 5.74) is -1.20. The molecule has 8 nitrogen and oxygen atoms in total. The molecule has 3 aromatic heterocycles. The van der Waals surface area contributed by atoms with E-state index in [-0.39, 0.29) is 12.2 Å². The maximum Gasteiger partial charge on any atom is 0.343 e. The predicted octanol–water partition coefficient (Wildman–Crippen LogP) is -0.779. The first kappa shape index (κ1) is 11.7. The molecule has 0 bridgehead atoms. The number of aromatic amines is 2. The first-order valence-corrected chi connectivity index (χ1v) is 6.20. The molecule has 0 fully saturated rings. The fourth-order valence-corrected chi connectivity index (χ4v) is 2.90. The van der Waals surface area contributed by atoms with Crippen molar-refractivity contribution < 1.29 is 0 Å². The van der Waals surface area contributed by atoms with Gasteiger partial charge in [-0.25, -0.2) is 14.3 Å². The van der Waals surface area contributed by atoms with Gasteiger partial charge in [0.1, 0.15) is 11.2 Å². The number of nitrogens with zero attached hydrogens (tertiary/aromatic N) is 3. The van der Waals surface area contributed by atoms with Crippen molar-refractivity contribution in [1.29, 1.82) is 0 Å². The Labute approximate surface area is 109 Å². The molecule has 0 atom stereocenters. The number of hydrogen-bond donors (Lipinski definition) is 2. The predicted molar refractivity (Wildman–Crippen MR) is 69.6 cm³/mol. The van der Waals surface area contributed by atoms with Gasteiger partial charge in [-0.2, -0.15) is 5.10 Å². The third-order valence-electron chi connectivity index (χ3n) is 2.76. The molecule has 0 unspecified atom stereocenters. The Morgan fingerprint density at radius 1 is 1.32 bits per heavy atom. The monoisotopic (exact) mass is 279 g/mol. The number of rotatable bonds is 2. The number of nitrogens with one attached hydrogen (secondary N) is 2. The summed E-state index contributed by atoms with van der Waals surface area (Å²) in [6, 6.07) is 1.67. The van der Waals surface area contributed by atoms with Crippen LogP contribution in [0.4, 0.5) is 0 Å². The summed E-state index contributed by atoms with van der Waals surface area (Å²) < 4.78 is 2.62. The average Bonchev–Trinajstić information content (AvgIpc) is 2.95. The van der Waals surface area contributed by atoms with Crippen LogP contribution in [0.5, 0.6) is 0 Å². The normalized spacial score (nSPS) is 11.2. The van der Waals surface area contributed by atoms with Gasteiger partial charge in [-0.05, 0) is 6.07 Å². The third kappa shape index (κ3) is 1.83. The van der Waals surface area contributed by atoms with Crippen LogP contribution >= 0.6 is 11.3 Å². The van der Waals surface area contributed by atoms with E-state index < -0.39 is 11.2 Å². The summed E-state index contributed by atoms with van der Waals surface area (Å²) in [5.74, 6) is 0. The van der Waals surface area contributed by atoms with E-state index in [1.807, 2.05) is 0 Å². The van der Waals surface area contributed by atoms with Crippen LogP contribution in [0.3, 0.4) is 0 Å². The Kier molecular flexibility index (Phi) is 2.49. The molecule has 2 N–H and O–H groups in total. The second-order valence-corrected chi connectivity index (χ2v) is 5.12. The maximum absolute atomic E-state index is 11.7. The Morgan fingerprint density at radius 3 is 2.79 bits per heavy atom. The van der Waals surface area contributed by atoms with Gasteiger partial charge in [0.05, 0.1) is 11.9 Å². The zero-order chi connectivity index (χ0) is 13.6. The van der Waals surface area contributed by atoms with E-state index in [2.05, 4.69) is 15.1 Å². The van der Waals surface area contributed by atoms with E-state index in [1.54, 1.807) is 13.1 Å². The smallest absolute Gasteiger partial charge is 0.295 e. The highest BCUT2D eigenvalue weighted by Gasteiger charge is 2.10. The minimum Gasteiger partial charge on any atom is -0.295 e. The largest absolute Gasteiger partial charge is 0.343 e. The second-order valence-electron chi connectivity index (χ2n) is 4.00. The first-order chi connectivity index (χ1) is 9.06. The molecule has 19 heavy (non-hydrogen) atoms. The summed E-state index contributed by atoms with van der Waals surface area (Å²) in [6.45, 7) is 0.259. The van der Waals surface area contributed by atoms with Crippen LogP contribution in [-0.2, 0) is 13.6 Å². The lowest BCUT2D eigenvalue weighted by molar-refractivity contribution is 0.666. The van der Waals surface area contributed by atoms with Crippen molar-refractivity contribution in [2.45, 2.75) is 6.54 Å². The van der Waals surface area contributed by atoms with Gasteiger partial charge in [0, 0.05) is 11.9 Å². The first-order valence-electron chi connectivity index (χ1n) is 5.38. The van der Waals surface area contributed by atoms with Crippen molar-refractivity contribution in [3.05, 3.63) is 48.6 Å². The lowest BCUT2D eigenvalue weighted by Gasteiger charge is -1.96. The van der Waals surface area contributed by atoms with Crippen LogP contribution in [0.15, 0.2) is 26.8 Å². The lowest BCUT2D eigenvalue weighted by atomic mass is 10.3. The van der Waals surface area contributed by atoms with Gasteiger partial charge in [-0.3, -0.25) is 19.3 Å². The highest BCUT2D eigenvalue weighted by atomic mass is 32.1. The van der Waals surface area contributed by atoms with Crippen LogP contribution in [0.25, 0.3) is 10.2 Å². The molecule has 3 aromatic rings. The second kappa shape index (κ2) is 4.05. The molecule has 3 rings (SSSR count). The van der Waals surface area contributed by atoms with Crippen molar-refractivity contribution in [2.24, 2.45) is 7.05 Å². The molecule has 0 saturated heterocycles. The molecule has 0 aliphatic carbocycles. The van der Waals surface area contributed by atoms with E-state index >= 15 is 0 Å². The maximum atomic E-state index is 11.7. The fourth-order valence-electron chi connectivity index (χ4n) is 1.80. The zero-order valence-corrected chi connectivity index (χ0v) is 10.7. The summed E-state index contributed by atoms with van der Waals surface area (Å²) in [5, 5.41) is 4.28. The molecule has 0 spiro atoms. The SMILES string of the molecule is Cn1c(=O)[nH]c(=O)c2cc(Cn3nc[nH]c3=O)sc21. The topological polar surface area (TPSA) is 106 Å². The van der Waals surface area contributed by atoms with Crippen LogP contribution in [0.1, 0.15) is 4.88 Å². The number of fused-ring (bicyclic) bond motifs is 1. The van der Waals surface area contributed by atoms with E-state index in [0.29, 0.717) is 10.2 Å². The van der Waals surface area contributed by atoms with Crippen LogP contribution < -0.4 is 16.9 Å². The van der Waals surface area contributed by atoms with Crippen molar-refractivity contribution in [1.82, 2.24) is 24.3 Å². The molecule has 0 amide bonds. The van der Waals surface area contributed by atoms with Gasteiger partial charge < -0.3 is 0 Å². The zero-order valence-electron chi connectivity index (χ0n) is 9.84. The van der Waals surface area contributed by atoms with Crippen LogP contribution in [0, 0.1) is 0 Å². The van der Waals surface area contributed by atoms with E-state index in [9.17, 15) is 14.4 Å². The van der Waals surface area contributed by atoms with Gasteiger partial charge >= 0.3 is 11.4 Å². The van der Waals surface area contributed by atoms with E-state index in [4.69, 9.17) is 0 Å². The van der Waals surface area contributed by atoms with Gasteiger partial charge in [0.15, 0.2) is 0 Å². The molecule has 0 aromatic carbocycles. The van der Waals surface area contributed by atoms with E-state index in [0.717, 1.165) is 4.88 Å². The Morgan fingerprint density at radius 2 is 2.11 bits per heavy atom. The molecule has 0 saturated carbocycles.